The molecule has 1 aromatic heterocycles. The Balaban J connectivity index is 1.90. The Bertz CT molecular complexity index is 673. The van der Waals surface area contributed by atoms with E-state index in [0.29, 0.717) is 11.6 Å². The highest BCUT2D eigenvalue weighted by atomic mass is 15.2. The van der Waals surface area contributed by atoms with Gasteiger partial charge in [0.1, 0.15) is 11.8 Å². The molecule has 0 spiro atoms. The number of anilines is 1. The van der Waals surface area contributed by atoms with Gasteiger partial charge < -0.3 is 4.90 Å². The highest BCUT2D eigenvalue weighted by Crippen LogP contribution is 2.24. The van der Waals surface area contributed by atoms with E-state index in [4.69, 9.17) is 0 Å². The molecule has 0 saturated carbocycles. The molecule has 0 fully saturated rings. The molecule has 4 nitrogen and oxygen atoms in total. The van der Waals surface area contributed by atoms with Gasteiger partial charge >= 0.3 is 0 Å². The van der Waals surface area contributed by atoms with Crippen molar-refractivity contribution in [3.8, 4) is 6.07 Å². The van der Waals surface area contributed by atoms with Gasteiger partial charge in [0.2, 0.25) is 5.95 Å². The minimum absolute atomic E-state index is 0.551. The van der Waals surface area contributed by atoms with E-state index < -0.39 is 0 Å². The molecule has 1 aliphatic rings. The Morgan fingerprint density at radius 3 is 2.67 bits per heavy atom. The highest BCUT2D eigenvalue weighted by molar-refractivity contribution is 5.43. The number of fused-ring (bicyclic) bond motifs is 1. The first-order valence-corrected chi connectivity index (χ1v) is 7.33. The maximum absolute atomic E-state index is 9.33. The SMILES string of the molecule is CN(Cc1ccccc1)c1nc(C#N)c2c(n1)CCCC2. The van der Waals surface area contributed by atoms with Gasteiger partial charge in [0.15, 0.2) is 0 Å². The fourth-order valence-electron chi connectivity index (χ4n) is 2.77. The fraction of sp³-hybridized carbons (Fsp3) is 0.353. The van der Waals surface area contributed by atoms with E-state index >= 15 is 0 Å². The second-order valence-corrected chi connectivity index (χ2v) is 5.46. The zero-order chi connectivity index (χ0) is 14.7. The van der Waals surface area contributed by atoms with Crippen molar-refractivity contribution in [2.45, 2.75) is 32.2 Å². The lowest BCUT2D eigenvalue weighted by Gasteiger charge is -2.21. The van der Waals surface area contributed by atoms with E-state index in [1.54, 1.807) is 0 Å². The quantitative estimate of drug-likeness (QED) is 0.866. The van der Waals surface area contributed by atoms with Crippen molar-refractivity contribution < 1.29 is 0 Å². The van der Waals surface area contributed by atoms with E-state index in [-0.39, 0.29) is 0 Å². The molecule has 0 atom stereocenters. The van der Waals surface area contributed by atoms with Crippen LogP contribution >= 0.6 is 0 Å². The number of aromatic nitrogens is 2. The molecule has 0 saturated heterocycles. The largest absolute Gasteiger partial charge is 0.340 e. The van der Waals surface area contributed by atoms with Crippen LogP contribution in [0, 0.1) is 11.3 Å². The van der Waals surface area contributed by atoms with Crippen LogP contribution in [-0.2, 0) is 19.4 Å². The molecule has 1 aromatic carbocycles. The topological polar surface area (TPSA) is 52.8 Å². The molecular formula is C17H18N4. The molecular weight excluding hydrogens is 260 g/mol. The maximum atomic E-state index is 9.33. The van der Waals surface area contributed by atoms with Crippen LogP contribution in [0.1, 0.15) is 35.4 Å². The summed E-state index contributed by atoms with van der Waals surface area (Å²) in [4.78, 5) is 11.1. The molecule has 0 N–H and O–H groups in total. The van der Waals surface area contributed by atoms with Crippen molar-refractivity contribution in [3.05, 3.63) is 52.8 Å². The Hall–Kier alpha value is -2.41. The van der Waals surface area contributed by atoms with Crippen LogP contribution in [0.2, 0.25) is 0 Å². The van der Waals surface area contributed by atoms with Crippen LogP contribution in [0.3, 0.4) is 0 Å². The van der Waals surface area contributed by atoms with Crippen molar-refractivity contribution >= 4 is 5.95 Å². The molecule has 3 rings (SSSR count). The molecule has 1 heterocycles. The van der Waals surface area contributed by atoms with Crippen LogP contribution in [-0.4, -0.2) is 17.0 Å². The van der Waals surface area contributed by atoms with Crippen molar-refractivity contribution in [3.63, 3.8) is 0 Å². The summed E-state index contributed by atoms with van der Waals surface area (Å²) in [7, 11) is 1.97. The van der Waals surface area contributed by atoms with Gasteiger partial charge in [-0.2, -0.15) is 5.26 Å². The molecule has 0 unspecified atom stereocenters. The fourth-order valence-corrected chi connectivity index (χ4v) is 2.77. The molecule has 0 aliphatic heterocycles. The van der Waals surface area contributed by atoms with E-state index in [9.17, 15) is 5.26 Å². The zero-order valence-electron chi connectivity index (χ0n) is 12.2. The molecule has 21 heavy (non-hydrogen) atoms. The number of hydrogen-bond acceptors (Lipinski definition) is 4. The van der Waals surface area contributed by atoms with Gasteiger partial charge in [0.25, 0.3) is 0 Å². The Morgan fingerprint density at radius 1 is 1.14 bits per heavy atom. The molecule has 0 bridgehead atoms. The standard InChI is InChI=1S/C17H18N4/c1-21(12-13-7-3-2-4-8-13)17-19-15-10-6-5-9-14(15)16(11-18)20-17/h2-4,7-8H,5-6,9-10,12H2,1H3. The summed E-state index contributed by atoms with van der Waals surface area (Å²) in [5, 5.41) is 9.33. The third-order valence-corrected chi connectivity index (χ3v) is 3.88. The molecule has 106 valence electrons. The predicted molar refractivity (Wildman–Crippen MR) is 81.9 cm³/mol. The third-order valence-electron chi connectivity index (χ3n) is 3.88. The summed E-state index contributed by atoms with van der Waals surface area (Å²) in [5.41, 5.74) is 3.87. The van der Waals surface area contributed by atoms with Gasteiger partial charge in [0, 0.05) is 19.2 Å². The van der Waals surface area contributed by atoms with Crippen molar-refractivity contribution in [2.24, 2.45) is 0 Å². The van der Waals surface area contributed by atoms with E-state index in [1.807, 2.05) is 30.1 Å². The average molecular weight is 278 g/mol. The Labute approximate surface area is 125 Å². The number of rotatable bonds is 3. The van der Waals surface area contributed by atoms with E-state index in [1.165, 1.54) is 5.56 Å². The summed E-state index contributed by atoms with van der Waals surface area (Å²) >= 11 is 0. The second-order valence-electron chi connectivity index (χ2n) is 5.46. The normalized spacial score (nSPS) is 13.3. The summed E-state index contributed by atoms with van der Waals surface area (Å²) < 4.78 is 0. The van der Waals surface area contributed by atoms with Gasteiger partial charge in [-0.3, -0.25) is 0 Å². The summed E-state index contributed by atoms with van der Waals surface area (Å²) in [6, 6.07) is 12.5. The first-order valence-electron chi connectivity index (χ1n) is 7.33. The molecule has 1 aliphatic carbocycles. The number of benzene rings is 1. The van der Waals surface area contributed by atoms with Gasteiger partial charge in [-0.1, -0.05) is 30.3 Å². The van der Waals surface area contributed by atoms with E-state index in [2.05, 4.69) is 28.2 Å². The first kappa shape index (κ1) is 13.6. The number of nitrogens with zero attached hydrogens (tertiary/aromatic N) is 4. The smallest absolute Gasteiger partial charge is 0.226 e. The van der Waals surface area contributed by atoms with Crippen LogP contribution in [0.25, 0.3) is 0 Å². The minimum Gasteiger partial charge on any atom is -0.340 e. The molecule has 0 amide bonds. The lowest BCUT2D eigenvalue weighted by molar-refractivity contribution is 0.656. The van der Waals surface area contributed by atoms with Crippen LogP contribution in [0.4, 0.5) is 5.95 Å². The Morgan fingerprint density at radius 2 is 1.90 bits per heavy atom. The van der Waals surface area contributed by atoms with Crippen LogP contribution in [0.15, 0.2) is 30.3 Å². The minimum atomic E-state index is 0.551. The molecule has 4 heteroatoms. The van der Waals surface area contributed by atoms with Crippen LogP contribution < -0.4 is 4.90 Å². The van der Waals surface area contributed by atoms with Crippen molar-refractivity contribution in [2.75, 3.05) is 11.9 Å². The molecule has 2 aromatic rings. The van der Waals surface area contributed by atoms with Gasteiger partial charge in [-0.15, -0.1) is 0 Å². The van der Waals surface area contributed by atoms with Crippen molar-refractivity contribution in [1.29, 1.82) is 5.26 Å². The third kappa shape index (κ3) is 2.87. The predicted octanol–water partition coefficient (Wildman–Crippen LogP) is 2.86. The number of hydrogen-bond donors (Lipinski definition) is 0. The van der Waals surface area contributed by atoms with Gasteiger partial charge in [0.05, 0.1) is 5.69 Å². The van der Waals surface area contributed by atoms with Crippen LogP contribution in [0.5, 0.6) is 0 Å². The van der Waals surface area contributed by atoms with Crippen molar-refractivity contribution in [1.82, 2.24) is 9.97 Å². The Kier molecular flexibility index (Phi) is 3.83. The second kappa shape index (κ2) is 5.92. The maximum Gasteiger partial charge on any atom is 0.226 e. The van der Waals surface area contributed by atoms with E-state index in [0.717, 1.165) is 43.5 Å². The summed E-state index contributed by atoms with van der Waals surface area (Å²) in [6.07, 6.45) is 4.17. The lowest BCUT2D eigenvalue weighted by atomic mass is 9.95. The lowest BCUT2D eigenvalue weighted by Crippen LogP contribution is -2.22. The monoisotopic (exact) mass is 278 g/mol. The molecule has 0 radical (unpaired) electrons. The average Bonchev–Trinajstić information content (AvgIpc) is 2.54. The first-order chi connectivity index (χ1) is 10.3. The van der Waals surface area contributed by atoms with Gasteiger partial charge in [-0.05, 0) is 31.2 Å². The number of nitriles is 1. The summed E-state index contributed by atoms with van der Waals surface area (Å²) in [6.45, 7) is 0.741. The summed E-state index contributed by atoms with van der Waals surface area (Å²) in [5.74, 6) is 0.649. The highest BCUT2D eigenvalue weighted by Gasteiger charge is 2.19. The number of aryl methyl sites for hydroxylation is 1. The zero-order valence-corrected chi connectivity index (χ0v) is 12.2. The van der Waals surface area contributed by atoms with Gasteiger partial charge in [-0.25, -0.2) is 9.97 Å².